The van der Waals surface area contributed by atoms with E-state index in [2.05, 4.69) is 60.7 Å². The van der Waals surface area contributed by atoms with Gasteiger partial charge in [0, 0.05) is 23.2 Å². The Labute approximate surface area is 132 Å². The van der Waals surface area contributed by atoms with Crippen LogP contribution in [0, 0.1) is 11.8 Å². The number of rotatable bonds is 8. The first kappa shape index (κ1) is 17.5. The lowest BCUT2D eigenvalue weighted by molar-refractivity contribution is 0.281. The number of anilines is 1. The van der Waals surface area contributed by atoms with Crippen molar-refractivity contribution in [2.45, 2.75) is 47.1 Å². The maximum absolute atomic E-state index is 9.26. The molecule has 0 spiro atoms. The summed E-state index contributed by atoms with van der Waals surface area (Å²) < 4.78 is 0.997. The van der Waals surface area contributed by atoms with E-state index in [0.29, 0.717) is 0 Å². The van der Waals surface area contributed by atoms with E-state index in [0.717, 1.165) is 35.0 Å². The molecule has 20 heavy (non-hydrogen) atoms. The van der Waals surface area contributed by atoms with Gasteiger partial charge in [0.15, 0.2) is 0 Å². The van der Waals surface area contributed by atoms with E-state index in [4.69, 9.17) is 0 Å². The molecule has 0 saturated carbocycles. The summed E-state index contributed by atoms with van der Waals surface area (Å²) in [5, 5.41) is 9.26. The highest BCUT2D eigenvalue weighted by Crippen LogP contribution is 2.25. The Morgan fingerprint density at radius 2 is 1.60 bits per heavy atom. The second-order valence-electron chi connectivity index (χ2n) is 6.29. The third kappa shape index (κ3) is 5.84. The number of nitrogens with zero attached hydrogens (tertiary/aromatic N) is 1. The largest absolute Gasteiger partial charge is 0.392 e. The first-order valence-electron chi connectivity index (χ1n) is 7.58. The van der Waals surface area contributed by atoms with Crippen LogP contribution in [0.15, 0.2) is 22.7 Å². The van der Waals surface area contributed by atoms with Crippen LogP contribution in [-0.4, -0.2) is 18.2 Å². The molecule has 1 rings (SSSR count). The van der Waals surface area contributed by atoms with Crippen molar-refractivity contribution in [2.75, 3.05) is 18.0 Å². The molecular formula is C17H28BrNO. The van der Waals surface area contributed by atoms with Gasteiger partial charge in [0.2, 0.25) is 0 Å². The monoisotopic (exact) mass is 341 g/mol. The van der Waals surface area contributed by atoms with Gasteiger partial charge in [0.25, 0.3) is 0 Å². The Kier molecular flexibility index (Phi) is 7.60. The fraction of sp³-hybridized carbons (Fsp3) is 0.647. The highest BCUT2D eigenvalue weighted by molar-refractivity contribution is 9.10. The molecule has 0 unspecified atom stereocenters. The fourth-order valence-corrected chi connectivity index (χ4v) is 2.55. The van der Waals surface area contributed by atoms with E-state index >= 15 is 0 Å². The van der Waals surface area contributed by atoms with E-state index in [1.807, 2.05) is 6.07 Å². The van der Waals surface area contributed by atoms with Crippen LogP contribution >= 0.6 is 15.9 Å². The second kappa shape index (κ2) is 8.68. The smallest absolute Gasteiger partial charge is 0.0692 e. The summed E-state index contributed by atoms with van der Waals surface area (Å²) in [7, 11) is 0. The van der Waals surface area contributed by atoms with Gasteiger partial charge in [-0.1, -0.05) is 49.7 Å². The zero-order valence-electron chi connectivity index (χ0n) is 13.2. The molecule has 0 aliphatic carbocycles. The molecule has 1 N–H and O–H groups in total. The Balaban J connectivity index is 2.82. The maximum Gasteiger partial charge on any atom is 0.0692 e. The summed E-state index contributed by atoms with van der Waals surface area (Å²) in [5.41, 5.74) is 2.19. The molecule has 3 heteroatoms. The molecule has 2 nitrogen and oxygen atoms in total. The van der Waals surface area contributed by atoms with Crippen molar-refractivity contribution >= 4 is 21.6 Å². The van der Waals surface area contributed by atoms with Crippen molar-refractivity contribution in [1.82, 2.24) is 0 Å². The third-order valence-corrected chi connectivity index (χ3v) is 4.26. The molecule has 0 aliphatic rings. The molecule has 0 aliphatic heterocycles. The lowest BCUT2D eigenvalue weighted by atomic mass is 10.1. The quantitative estimate of drug-likeness (QED) is 0.731. The van der Waals surface area contributed by atoms with Gasteiger partial charge in [-0.3, -0.25) is 0 Å². The van der Waals surface area contributed by atoms with Crippen LogP contribution in [0.1, 0.15) is 46.1 Å². The van der Waals surface area contributed by atoms with Crippen LogP contribution in [0.4, 0.5) is 5.69 Å². The Bertz CT molecular complexity index is 392. The molecular weight excluding hydrogens is 314 g/mol. The number of halogens is 1. The standard InChI is InChI=1S/C17H28BrNO/c1-13(2)7-9-19(10-8-14(3)4)16-6-5-15(12-20)17(18)11-16/h5-6,11,13-14,20H,7-10,12H2,1-4H3. The number of aliphatic hydroxyl groups excluding tert-OH is 1. The number of benzene rings is 1. The molecule has 1 aromatic rings. The van der Waals surface area contributed by atoms with E-state index in [9.17, 15) is 5.11 Å². The number of hydrogen-bond acceptors (Lipinski definition) is 2. The van der Waals surface area contributed by atoms with Gasteiger partial charge >= 0.3 is 0 Å². The highest BCUT2D eigenvalue weighted by Gasteiger charge is 2.10. The van der Waals surface area contributed by atoms with Gasteiger partial charge in [0.1, 0.15) is 0 Å². The third-order valence-electron chi connectivity index (χ3n) is 3.52. The molecule has 0 bridgehead atoms. The number of hydrogen-bond donors (Lipinski definition) is 1. The van der Waals surface area contributed by atoms with Crippen LogP contribution in [0.25, 0.3) is 0 Å². The average Bonchev–Trinajstić information content (AvgIpc) is 2.38. The summed E-state index contributed by atoms with van der Waals surface area (Å²) in [6.07, 6.45) is 2.41. The predicted molar refractivity (Wildman–Crippen MR) is 91.2 cm³/mol. The van der Waals surface area contributed by atoms with Gasteiger partial charge in [-0.15, -0.1) is 0 Å². The van der Waals surface area contributed by atoms with E-state index in [-0.39, 0.29) is 6.61 Å². The lowest BCUT2D eigenvalue weighted by Gasteiger charge is -2.27. The molecule has 0 radical (unpaired) electrons. The van der Waals surface area contributed by atoms with Crippen molar-refractivity contribution < 1.29 is 5.11 Å². The summed E-state index contributed by atoms with van der Waals surface area (Å²) in [4.78, 5) is 2.46. The Hall–Kier alpha value is -0.540. The molecule has 0 aromatic heterocycles. The van der Waals surface area contributed by atoms with Crippen LogP contribution in [0.2, 0.25) is 0 Å². The summed E-state index contributed by atoms with van der Waals surface area (Å²) in [6, 6.07) is 6.26. The SMILES string of the molecule is CC(C)CCN(CCC(C)C)c1ccc(CO)c(Br)c1. The van der Waals surface area contributed by atoms with Gasteiger partial charge in [-0.05, 0) is 42.4 Å². The minimum Gasteiger partial charge on any atom is -0.392 e. The van der Waals surface area contributed by atoms with Crippen molar-refractivity contribution in [3.05, 3.63) is 28.2 Å². The van der Waals surface area contributed by atoms with E-state index in [1.54, 1.807) is 0 Å². The zero-order valence-corrected chi connectivity index (χ0v) is 14.8. The molecule has 0 heterocycles. The highest BCUT2D eigenvalue weighted by atomic mass is 79.9. The van der Waals surface area contributed by atoms with Crippen molar-refractivity contribution in [1.29, 1.82) is 0 Å². The summed E-state index contributed by atoms with van der Waals surface area (Å²) in [6.45, 7) is 11.3. The molecule has 0 atom stereocenters. The molecule has 0 fully saturated rings. The van der Waals surface area contributed by atoms with Gasteiger partial charge in [-0.25, -0.2) is 0 Å². The summed E-state index contributed by atoms with van der Waals surface area (Å²) in [5.74, 6) is 1.44. The normalized spacial score (nSPS) is 11.4. The van der Waals surface area contributed by atoms with Gasteiger partial charge < -0.3 is 10.0 Å². The first-order chi connectivity index (χ1) is 9.43. The van der Waals surface area contributed by atoms with Crippen molar-refractivity contribution in [2.24, 2.45) is 11.8 Å². The van der Waals surface area contributed by atoms with Crippen LogP contribution in [0.3, 0.4) is 0 Å². The molecule has 1 aromatic carbocycles. The fourth-order valence-electron chi connectivity index (χ4n) is 2.06. The molecule has 0 amide bonds. The average molecular weight is 342 g/mol. The van der Waals surface area contributed by atoms with Crippen LogP contribution in [-0.2, 0) is 6.61 Å². The summed E-state index contributed by atoms with van der Waals surface area (Å²) >= 11 is 3.55. The Morgan fingerprint density at radius 3 is 2.00 bits per heavy atom. The number of aliphatic hydroxyl groups is 1. The maximum atomic E-state index is 9.26. The Morgan fingerprint density at radius 1 is 1.05 bits per heavy atom. The minimum absolute atomic E-state index is 0.0822. The van der Waals surface area contributed by atoms with Crippen molar-refractivity contribution in [3.8, 4) is 0 Å². The lowest BCUT2D eigenvalue weighted by Crippen LogP contribution is -2.27. The van der Waals surface area contributed by atoms with E-state index in [1.165, 1.54) is 18.5 Å². The molecule has 0 saturated heterocycles. The van der Waals surface area contributed by atoms with Gasteiger partial charge in [-0.2, -0.15) is 0 Å². The minimum atomic E-state index is 0.0822. The van der Waals surface area contributed by atoms with Crippen LogP contribution in [0.5, 0.6) is 0 Å². The van der Waals surface area contributed by atoms with E-state index < -0.39 is 0 Å². The topological polar surface area (TPSA) is 23.5 Å². The predicted octanol–water partition coefficient (Wildman–Crippen LogP) is 4.84. The first-order valence-corrected chi connectivity index (χ1v) is 8.37. The van der Waals surface area contributed by atoms with Crippen molar-refractivity contribution in [3.63, 3.8) is 0 Å². The second-order valence-corrected chi connectivity index (χ2v) is 7.14. The van der Waals surface area contributed by atoms with Gasteiger partial charge in [0.05, 0.1) is 6.61 Å². The zero-order chi connectivity index (χ0) is 15.1. The van der Waals surface area contributed by atoms with Crippen LogP contribution < -0.4 is 4.90 Å². The molecule has 114 valence electrons.